The van der Waals surface area contributed by atoms with E-state index in [2.05, 4.69) is 10.3 Å². The van der Waals surface area contributed by atoms with Crippen LogP contribution in [0.4, 0.5) is 0 Å². The Bertz CT molecular complexity index is 1340. The van der Waals surface area contributed by atoms with E-state index in [-0.39, 0.29) is 43.4 Å². The molecule has 0 aliphatic carbocycles. The number of aliphatic hydroxyl groups is 1. The van der Waals surface area contributed by atoms with Crippen LogP contribution >= 0.6 is 11.3 Å². The van der Waals surface area contributed by atoms with Gasteiger partial charge in [-0.2, -0.15) is 0 Å². The molecule has 8 heteroatoms. The van der Waals surface area contributed by atoms with Gasteiger partial charge in [0.25, 0.3) is 0 Å². The molecule has 4 rings (SSSR count). The zero-order valence-electron chi connectivity index (χ0n) is 23.9. The fraction of sp³-hybridized carbons (Fsp3) is 0.438. The molecule has 2 aromatic carbocycles. The molecule has 2 heterocycles. The van der Waals surface area contributed by atoms with Crippen LogP contribution in [0.1, 0.15) is 56.0 Å². The van der Waals surface area contributed by atoms with Crippen LogP contribution in [0.2, 0.25) is 0 Å². The van der Waals surface area contributed by atoms with E-state index in [1.54, 1.807) is 11.3 Å². The fourth-order valence-electron chi connectivity index (χ4n) is 5.12. The van der Waals surface area contributed by atoms with Crippen molar-refractivity contribution in [3.63, 3.8) is 0 Å². The highest BCUT2D eigenvalue weighted by atomic mass is 32.1. The molecular formula is C32H39N3O4S. The summed E-state index contributed by atoms with van der Waals surface area (Å²) in [7, 11) is 0. The number of nitrogens with one attached hydrogen (secondary N) is 1. The first-order chi connectivity index (χ1) is 18.9. The molecule has 0 unspecified atom stereocenters. The molecule has 1 aliphatic heterocycles. The molecule has 1 aromatic heterocycles. The average Bonchev–Trinajstić information content (AvgIpc) is 3.52. The van der Waals surface area contributed by atoms with E-state index in [1.807, 2.05) is 88.7 Å². The number of benzene rings is 2. The molecule has 2 amide bonds. The number of aromatic nitrogens is 1. The van der Waals surface area contributed by atoms with Crippen LogP contribution in [0.25, 0.3) is 10.4 Å². The van der Waals surface area contributed by atoms with Crippen molar-refractivity contribution in [1.29, 1.82) is 0 Å². The number of Topliss-reactive ketones (excluding diaryl/α,β-unsaturated/α-hetero) is 1. The third-order valence-corrected chi connectivity index (χ3v) is 8.44. The minimum absolute atomic E-state index is 0.0779. The normalized spacial score (nSPS) is 18.0. The third kappa shape index (κ3) is 7.23. The second kappa shape index (κ2) is 12.4. The maximum atomic E-state index is 13.8. The van der Waals surface area contributed by atoms with E-state index in [0.717, 1.165) is 32.8 Å². The number of rotatable bonds is 9. The number of hydrogen-bond donors (Lipinski definition) is 2. The maximum Gasteiger partial charge on any atom is 0.246 e. The van der Waals surface area contributed by atoms with Crippen molar-refractivity contribution < 1.29 is 19.5 Å². The molecule has 40 heavy (non-hydrogen) atoms. The van der Waals surface area contributed by atoms with Crippen molar-refractivity contribution in [2.75, 3.05) is 6.54 Å². The Balaban J connectivity index is 1.41. The number of nitrogens with zero attached hydrogens (tertiary/aromatic N) is 2. The SMILES string of the molecule is Cc1ccc(CC(=O)N[C@H](C(=O)N2C[C@H](O)C[C@H]2C(=O)CCc2ccc(-c3scnc3C)cc2)C(C)(C)C)cc1. The van der Waals surface area contributed by atoms with Gasteiger partial charge in [-0.1, -0.05) is 74.9 Å². The van der Waals surface area contributed by atoms with Gasteiger partial charge in [-0.05, 0) is 42.4 Å². The van der Waals surface area contributed by atoms with Crippen molar-refractivity contribution in [2.24, 2.45) is 5.41 Å². The summed E-state index contributed by atoms with van der Waals surface area (Å²) in [4.78, 5) is 47.0. The molecule has 7 nitrogen and oxygen atoms in total. The molecule has 1 aliphatic rings. The van der Waals surface area contributed by atoms with Gasteiger partial charge in [0, 0.05) is 19.4 Å². The zero-order valence-corrected chi connectivity index (χ0v) is 24.8. The van der Waals surface area contributed by atoms with Crippen molar-refractivity contribution in [2.45, 2.75) is 78.5 Å². The lowest BCUT2D eigenvalue weighted by molar-refractivity contribution is -0.143. The Hall–Kier alpha value is -3.36. The largest absolute Gasteiger partial charge is 0.391 e. The summed E-state index contributed by atoms with van der Waals surface area (Å²) in [6, 6.07) is 14.3. The van der Waals surface area contributed by atoms with Crippen molar-refractivity contribution >= 4 is 28.9 Å². The van der Waals surface area contributed by atoms with Crippen molar-refractivity contribution in [3.8, 4) is 10.4 Å². The highest BCUT2D eigenvalue weighted by Gasteiger charge is 2.44. The van der Waals surface area contributed by atoms with E-state index in [9.17, 15) is 19.5 Å². The summed E-state index contributed by atoms with van der Waals surface area (Å²) in [6.45, 7) is 9.73. The summed E-state index contributed by atoms with van der Waals surface area (Å²) in [5.74, 6) is -0.661. The van der Waals surface area contributed by atoms with Crippen LogP contribution in [-0.4, -0.2) is 57.3 Å². The Kier molecular flexibility index (Phi) is 9.21. The molecule has 3 aromatic rings. The smallest absolute Gasteiger partial charge is 0.246 e. The molecule has 1 saturated heterocycles. The van der Waals surface area contributed by atoms with Crippen LogP contribution in [0.3, 0.4) is 0 Å². The van der Waals surface area contributed by atoms with Gasteiger partial charge in [-0.25, -0.2) is 4.98 Å². The number of aryl methyl sites for hydroxylation is 3. The molecule has 212 valence electrons. The number of amides is 2. The predicted molar refractivity (Wildman–Crippen MR) is 158 cm³/mol. The minimum Gasteiger partial charge on any atom is -0.391 e. The molecule has 2 N–H and O–H groups in total. The van der Waals surface area contributed by atoms with E-state index in [4.69, 9.17) is 0 Å². The van der Waals surface area contributed by atoms with E-state index in [1.165, 1.54) is 4.90 Å². The summed E-state index contributed by atoms with van der Waals surface area (Å²) in [5, 5.41) is 13.4. The summed E-state index contributed by atoms with van der Waals surface area (Å²) in [6.07, 6.45) is 0.406. The Morgan fingerprint density at radius 1 is 1.05 bits per heavy atom. The van der Waals surface area contributed by atoms with Crippen LogP contribution in [0, 0.1) is 19.3 Å². The molecule has 3 atom stereocenters. The maximum absolute atomic E-state index is 13.8. The molecule has 0 radical (unpaired) electrons. The summed E-state index contributed by atoms with van der Waals surface area (Å²) < 4.78 is 0. The minimum atomic E-state index is -0.825. The highest BCUT2D eigenvalue weighted by Crippen LogP contribution is 2.29. The Labute approximate surface area is 240 Å². The van der Waals surface area contributed by atoms with Gasteiger partial charge in [-0.15, -0.1) is 11.3 Å². The lowest BCUT2D eigenvalue weighted by Crippen LogP contribution is -2.57. The standard InChI is InChI=1S/C32H39N3O4S/c1-20-6-8-23(9-7-20)16-28(38)34-30(32(3,4)5)31(39)35-18-25(36)17-26(35)27(37)15-12-22-10-13-24(14-11-22)29-21(2)33-19-40-29/h6-11,13-14,19,25-26,30,36H,12,15-18H2,1-5H3,(H,34,38)/t25-,26+,30-/m1/s1. The monoisotopic (exact) mass is 561 g/mol. The van der Waals surface area contributed by atoms with Crippen molar-refractivity contribution in [1.82, 2.24) is 15.2 Å². The number of carbonyl (C=O) groups is 3. The first kappa shape index (κ1) is 29.6. The lowest BCUT2D eigenvalue weighted by atomic mass is 9.85. The summed E-state index contributed by atoms with van der Waals surface area (Å²) >= 11 is 1.60. The van der Waals surface area contributed by atoms with Crippen LogP contribution < -0.4 is 5.32 Å². The molecule has 0 bridgehead atoms. The molecule has 0 spiro atoms. The van der Waals surface area contributed by atoms with E-state index < -0.39 is 23.6 Å². The molecule has 1 fully saturated rings. The number of likely N-dealkylation sites (tertiary alicyclic amines) is 1. The van der Waals surface area contributed by atoms with Crippen molar-refractivity contribution in [3.05, 3.63) is 76.4 Å². The predicted octanol–water partition coefficient (Wildman–Crippen LogP) is 4.66. The average molecular weight is 562 g/mol. The Morgan fingerprint density at radius 2 is 1.70 bits per heavy atom. The second-order valence-electron chi connectivity index (χ2n) is 11.9. The van der Waals surface area contributed by atoms with Gasteiger partial charge < -0.3 is 15.3 Å². The van der Waals surface area contributed by atoms with Crippen LogP contribution in [-0.2, 0) is 27.2 Å². The zero-order chi connectivity index (χ0) is 29.0. The number of carbonyl (C=O) groups excluding carboxylic acids is 3. The van der Waals surface area contributed by atoms with E-state index >= 15 is 0 Å². The van der Waals surface area contributed by atoms with Gasteiger partial charge in [0.2, 0.25) is 11.8 Å². The number of β-amino-alcohol motifs (C(OH)–C–C–N with tert-alkyl or cyclic N) is 1. The van der Waals surface area contributed by atoms with Crippen LogP contribution in [0.15, 0.2) is 54.0 Å². The number of hydrogen-bond acceptors (Lipinski definition) is 6. The topological polar surface area (TPSA) is 99.6 Å². The van der Waals surface area contributed by atoms with E-state index in [0.29, 0.717) is 6.42 Å². The lowest BCUT2D eigenvalue weighted by Gasteiger charge is -2.35. The third-order valence-electron chi connectivity index (χ3n) is 7.46. The first-order valence-corrected chi connectivity index (χ1v) is 14.7. The second-order valence-corrected chi connectivity index (χ2v) is 12.7. The number of thiazole rings is 1. The molecule has 0 saturated carbocycles. The van der Waals surface area contributed by atoms with Gasteiger partial charge in [0.15, 0.2) is 5.78 Å². The van der Waals surface area contributed by atoms with Gasteiger partial charge in [0.1, 0.15) is 6.04 Å². The molecular weight excluding hydrogens is 522 g/mol. The van der Waals surface area contributed by atoms with Gasteiger partial charge in [-0.3, -0.25) is 14.4 Å². The van der Waals surface area contributed by atoms with Gasteiger partial charge >= 0.3 is 0 Å². The van der Waals surface area contributed by atoms with Gasteiger partial charge in [0.05, 0.1) is 34.6 Å². The quantitative estimate of drug-likeness (QED) is 0.396. The van der Waals surface area contributed by atoms with Crippen LogP contribution in [0.5, 0.6) is 0 Å². The highest BCUT2D eigenvalue weighted by molar-refractivity contribution is 7.13. The number of aliphatic hydroxyl groups excluding tert-OH is 1. The Morgan fingerprint density at radius 3 is 2.30 bits per heavy atom. The number of ketones is 1. The fourth-order valence-corrected chi connectivity index (χ4v) is 5.93. The first-order valence-electron chi connectivity index (χ1n) is 13.8. The summed E-state index contributed by atoms with van der Waals surface area (Å²) in [5.41, 5.74) is 6.35.